The van der Waals surface area contributed by atoms with Crippen molar-refractivity contribution in [2.45, 2.75) is 18.2 Å². The second-order valence-electron chi connectivity index (χ2n) is 5.29. The third-order valence-electron chi connectivity index (χ3n) is 3.62. The standard InChI is InChI=1S/C16H18N2O5S/c1-12(14-8-5-9-15(10-14)18(19)20)24(21,22)23-11-16(17)13-6-3-2-4-7-13/h2-10,12,16H,11,17H2,1H3. The summed E-state index contributed by atoms with van der Waals surface area (Å²) >= 11 is 0. The molecule has 0 saturated carbocycles. The molecule has 0 radical (unpaired) electrons. The highest BCUT2D eigenvalue weighted by molar-refractivity contribution is 7.87. The van der Waals surface area contributed by atoms with Gasteiger partial charge in [0.1, 0.15) is 5.25 Å². The highest BCUT2D eigenvalue weighted by Crippen LogP contribution is 2.27. The highest BCUT2D eigenvalue weighted by atomic mass is 32.2. The minimum Gasteiger partial charge on any atom is -0.322 e. The highest BCUT2D eigenvalue weighted by Gasteiger charge is 2.26. The summed E-state index contributed by atoms with van der Waals surface area (Å²) in [6.45, 7) is 1.22. The molecule has 0 aliphatic carbocycles. The number of nitrogens with two attached hydrogens (primary N) is 1. The average molecular weight is 350 g/mol. The topological polar surface area (TPSA) is 113 Å². The Morgan fingerprint density at radius 3 is 2.38 bits per heavy atom. The summed E-state index contributed by atoms with van der Waals surface area (Å²) in [5.41, 5.74) is 6.80. The van der Waals surface area contributed by atoms with Gasteiger partial charge in [-0.2, -0.15) is 8.42 Å². The molecule has 8 heteroatoms. The van der Waals surface area contributed by atoms with Gasteiger partial charge < -0.3 is 5.73 Å². The molecule has 0 amide bonds. The molecule has 0 heterocycles. The van der Waals surface area contributed by atoms with Gasteiger partial charge in [-0.25, -0.2) is 0 Å². The maximum atomic E-state index is 12.3. The van der Waals surface area contributed by atoms with Crippen LogP contribution in [0.25, 0.3) is 0 Å². The van der Waals surface area contributed by atoms with E-state index in [9.17, 15) is 18.5 Å². The van der Waals surface area contributed by atoms with Crippen LogP contribution in [-0.2, 0) is 14.3 Å². The Balaban J connectivity index is 2.09. The first-order valence-corrected chi connectivity index (χ1v) is 8.71. The quantitative estimate of drug-likeness (QED) is 0.467. The van der Waals surface area contributed by atoms with Crippen molar-refractivity contribution in [3.63, 3.8) is 0 Å². The lowest BCUT2D eigenvalue weighted by molar-refractivity contribution is -0.384. The normalized spacial score (nSPS) is 14.1. The van der Waals surface area contributed by atoms with E-state index in [2.05, 4.69) is 0 Å². The molecule has 2 N–H and O–H groups in total. The van der Waals surface area contributed by atoms with Gasteiger partial charge >= 0.3 is 0 Å². The summed E-state index contributed by atoms with van der Waals surface area (Å²) in [6.07, 6.45) is 0. The van der Waals surface area contributed by atoms with Crippen molar-refractivity contribution < 1.29 is 17.5 Å². The summed E-state index contributed by atoms with van der Waals surface area (Å²) < 4.78 is 29.6. The monoisotopic (exact) mass is 350 g/mol. The first-order valence-electron chi connectivity index (χ1n) is 7.24. The molecule has 2 rings (SSSR count). The number of non-ortho nitro benzene ring substituents is 1. The molecule has 0 bridgehead atoms. The van der Waals surface area contributed by atoms with E-state index in [-0.39, 0.29) is 17.9 Å². The Kier molecular flexibility index (Phi) is 5.66. The molecule has 0 fully saturated rings. The molecule has 2 aromatic rings. The van der Waals surface area contributed by atoms with Crippen LogP contribution in [0.3, 0.4) is 0 Å². The first-order chi connectivity index (χ1) is 11.3. The van der Waals surface area contributed by atoms with Crippen molar-refractivity contribution in [2.75, 3.05) is 6.61 Å². The van der Waals surface area contributed by atoms with Gasteiger partial charge in [0, 0.05) is 12.1 Å². The zero-order valence-corrected chi connectivity index (χ0v) is 13.8. The number of benzene rings is 2. The van der Waals surface area contributed by atoms with Gasteiger partial charge in [-0.1, -0.05) is 42.5 Å². The van der Waals surface area contributed by atoms with E-state index < -0.39 is 26.3 Å². The summed E-state index contributed by atoms with van der Waals surface area (Å²) in [6, 6.07) is 13.9. The second kappa shape index (κ2) is 7.52. The van der Waals surface area contributed by atoms with Crippen LogP contribution >= 0.6 is 0 Å². The molecule has 0 spiro atoms. The van der Waals surface area contributed by atoms with Gasteiger partial charge in [-0.15, -0.1) is 0 Å². The number of nitrogens with zero attached hydrogens (tertiary/aromatic N) is 1. The Bertz CT molecular complexity index is 808. The number of hydrogen-bond acceptors (Lipinski definition) is 6. The fourth-order valence-electron chi connectivity index (χ4n) is 2.12. The Labute approximate surface area is 140 Å². The maximum Gasteiger partial charge on any atom is 0.274 e. The molecule has 128 valence electrons. The number of nitro benzene ring substituents is 1. The number of hydrogen-bond donors (Lipinski definition) is 1. The van der Waals surface area contributed by atoms with Crippen molar-refractivity contribution >= 4 is 15.8 Å². The van der Waals surface area contributed by atoms with Crippen LogP contribution in [0.1, 0.15) is 29.3 Å². The summed E-state index contributed by atoms with van der Waals surface area (Å²) in [4.78, 5) is 10.2. The van der Waals surface area contributed by atoms with Crippen LogP contribution in [0.4, 0.5) is 5.69 Å². The summed E-state index contributed by atoms with van der Waals surface area (Å²) in [7, 11) is -3.96. The van der Waals surface area contributed by atoms with Crippen LogP contribution < -0.4 is 5.73 Å². The molecule has 0 aliphatic rings. The summed E-state index contributed by atoms with van der Waals surface area (Å²) in [5.74, 6) is 0. The predicted molar refractivity (Wildman–Crippen MR) is 89.8 cm³/mol. The van der Waals surface area contributed by atoms with Gasteiger partial charge in [-0.05, 0) is 18.1 Å². The minimum atomic E-state index is -3.96. The SMILES string of the molecule is CC(c1cccc([N+](=O)[O-])c1)S(=O)(=O)OCC(N)c1ccccc1. The number of nitro groups is 1. The van der Waals surface area contributed by atoms with Crippen LogP contribution in [0.2, 0.25) is 0 Å². The van der Waals surface area contributed by atoms with E-state index in [1.165, 1.54) is 31.2 Å². The van der Waals surface area contributed by atoms with E-state index in [0.29, 0.717) is 0 Å². The molecule has 0 aliphatic heterocycles. The van der Waals surface area contributed by atoms with Gasteiger partial charge in [0.2, 0.25) is 0 Å². The van der Waals surface area contributed by atoms with Crippen molar-refractivity contribution in [3.05, 3.63) is 75.8 Å². The second-order valence-corrected chi connectivity index (χ2v) is 7.22. The predicted octanol–water partition coefficient (Wildman–Crippen LogP) is 2.70. The first kappa shape index (κ1) is 18.1. The van der Waals surface area contributed by atoms with Crippen molar-refractivity contribution in [1.82, 2.24) is 0 Å². The van der Waals surface area contributed by atoms with Crippen LogP contribution in [0.15, 0.2) is 54.6 Å². The Morgan fingerprint density at radius 1 is 1.12 bits per heavy atom. The van der Waals surface area contributed by atoms with Crippen LogP contribution in [-0.4, -0.2) is 19.9 Å². The zero-order valence-electron chi connectivity index (χ0n) is 13.0. The van der Waals surface area contributed by atoms with Crippen molar-refractivity contribution in [3.8, 4) is 0 Å². The molecule has 2 aromatic carbocycles. The fourth-order valence-corrected chi connectivity index (χ4v) is 3.14. The molecule has 7 nitrogen and oxygen atoms in total. The Hall–Kier alpha value is -2.29. The Morgan fingerprint density at radius 2 is 1.75 bits per heavy atom. The lowest BCUT2D eigenvalue weighted by Crippen LogP contribution is -2.22. The van der Waals surface area contributed by atoms with Crippen LogP contribution in [0, 0.1) is 10.1 Å². The molecular weight excluding hydrogens is 332 g/mol. The average Bonchev–Trinajstić information content (AvgIpc) is 2.60. The molecule has 0 saturated heterocycles. The minimum absolute atomic E-state index is 0.171. The molecule has 2 atom stereocenters. The summed E-state index contributed by atoms with van der Waals surface area (Å²) in [5, 5.41) is 9.76. The van der Waals surface area contributed by atoms with Crippen molar-refractivity contribution in [2.24, 2.45) is 5.73 Å². The number of rotatable bonds is 7. The van der Waals surface area contributed by atoms with Gasteiger partial charge in [-0.3, -0.25) is 14.3 Å². The molecule has 0 aromatic heterocycles. The van der Waals surface area contributed by atoms with Crippen LogP contribution in [0.5, 0.6) is 0 Å². The largest absolute Gasteiger partial charge is 0.322 e. The molecule has 24 heavy (non-hydrogen) atoms. The third kappa shape index (κ3) is 4.38. The maximum absolute atomic E-state index is 12.3. The smallest absolute Gasteiger partial charge is 0.274 e. The van der Waals surface area contributed by atoms with Gasteiger partial charge in [0.15, 0.2) is 0 Å². The van der Waals surface area contributed by atoms with E-state index in [0.717, 1.165) is 5.56 Å². The van der Waals surface area contributed by atoms with E-state index >= 15 is 0 Å². The van der Waals surface area contributed by atoms with Gasteiger partial charge in [0.25, 0.3) is 15.8 Å². The van der Waals surface area contributed by atoms with E-state index in [4.69, 9.17) is 9.92 Å². The third-order valence-corrected chi connectivity index (χ3v) is 5.23. The van der Waals surface area contributed by atoms with E-state index in [1.807, 2.05) is 6.07 Å². The molecular formula is C16H18N2O5S. The fraction of sp³-hybridized carbons (Fsp3) is 0.250. The molecule has 2 unspecified atom stereocenters. The zero-order chi connectivity index (χ0) is 17.7. The lowest BCUT2D eigenvalue weighted by atomic mass is 10.1. The lowest BCUT2D eigenvalue weighted by Gasteiger charge is -2.16. The van der Waals surface area contributed by atoms with E-state index in [1.54, 1.807) is 24.3 Å². The van der Waals surface area contributed by atoms with Gasteiger partial charge in [0.05, 0.1) is 17.6 Å². The van der Waals surface area contributed by atoms with Crippen molar-refractivity contribution in [1.29, 1.82) is 0 Å².